The molecule has 26 heavy (non-hydrogen) atoms. The Bertz CT molecular complexity index is 1030. The molecular weight excluding hydrogens is 356 g/mol. The van der Waals surface area contributed by atoms with Gasteiger partial charge in [0.05, 0.1) is 11.8 Å². The molecule has 0 fully saturated rings. The molecule has 0 bridgehead atoms. The predicted molar refractivity (Wildman–Crippen MR) is 94.5 cm³/mol. The minimum absolute atomic E-state index is 0.0850. The fourth-order valence-electron chi connectivity index (χ4n) is 2.52. The first-order valence-electron chi connectivity index (χ1n) is 7.70. The topological polar surface area (TPSA) is 65.7 Å². The summed E-state index contributed by atoms with van der Waals surface area (Å²) < 4.78 is 15.8. The number of esters is 1. The highest BCUT2D eigenvalue weighted by Crippen LogP contribution is 2.35. The van der Waals surface area contributed by atoms with E-state index in [2.05, 4.69) is 0 Å². The molecule has 0 radical (unpaired) electrons. The van der Waals surface area contributed by atoms with Gasteiger partial charge in [-0.3, -0.25) is 4.79 Å². The maximum absolute atomic E-state index is 12.5. The lowest BCUT2D eigenvalue weighted by molar-refractivity contribution is 0.0701. The zero-order chi connectivity index (χ0) is 18.1. The molecule has 128 valence electrons. The van der Waals surface area contributed by atoms with Crippen molar-refractivity contribution in [3.05, 3.63) is 88.5 Å². The van der Waals surface area contributed by atoms with Crippen molar-refractivity contribution in [2.45, 2.75) is 0 Å². The molecule has 1 aliphatic heterocycles. The van der Waals surface area contributed by atoms with Crippen LogP contribution >= 0.6 is 11.6 Å². The van der Waals surface area contributed by atoms with Gasteiger partial charge < -0.3 is 13.9 Å². The van der Waals surface area contributed by atoms with Crippen molar-refractivity contribution in [2.24, 2.45) is 0 Å². The summed E-state index contributed by atoms with van der Waals surface area (Å²) in [5.41, 5.74) is 1.07. The van der Waals surface area contributed by atoms with E-state index in [0.29, 0.717) is 21.9 Å². The molecule has 0 N–H and O–H groups in total. The van der Waals surface area contributed by atoms with Crippen LogP contribution in [-0.2, 0) is 0 Å². The van der Waals surface area contributed by atoms with Crippen LogP contribution in [0.25, 0.3) is 6.08 Å². The van der Waals surface area contributed by atoms with Crippen molar-refractivity contribution in [1.82, 2.24) is 0 Å². The van der Waals surface area contributed by atoms with E-state index in [4.69, 9.17) is 25.5 Å². The molecule has 0 aliphatic carbocycles. The summed E-state index contributed by atoms with van der Waals surface area (Å²) in [7, 11) is 0. The number of furan rings is 1. The number of Topliss-reactive ketones (excluding diaryl/α,β-unsaturated/α-hetero) is 1. The SMILES string of the molecule is O=C(Oc1ccc2c(c1)O/C(=C\c1ccccc1Cl)C2=O)c1ccco1. The summed E-state index contributed by atoms with van der Waals surface area (Å²) in [5.74, 6) is -0.0886. The van der Waals surface area contributed by atoms with Crippen molar-refractivity contribution >= 4 is 29.4 Å². The van der Waals surface area contributed by atoms with Crippen molar-refractivity contribution in [3.63, 3.8) is 0 Å². The van der Waals surface area contributed by atoms with E-state index < -0.39 is 5.97 Å². The number of halogens is 1. The molecule has 1 aromatic heterocycles. The maximum atomic E-state index is 12.5. The number of benzene rings is 2. The Morgan fingerprint density at radius 3 is 2.69 bits per heavy atom. The molecule has 5 nitrogen and oxygen atoms in total. The zero-order valence-electron chi connectivity index (χ0n) is 13.3. The summed E-state index contributed by atoms with van der Waals surface area (Å²) in [6.07, 6.45) is 2.96. The van der Waals surface area contributed by atoms with Gasteiger partial charge in [-0.25, -0.2) is 4.79 Å². The van der Waals surface area contributed by atoms with E-state index in [0.717, 1.165) is 0 Å². The highest BCUT2D eigenvalue weighted by Gasteiger charge is 2.28. The molecule has 4 rings (SSSR count). The molecule has 3 aromatic rings. The lowest BCUT2D eigenvalue weighted by Crippen LogP contribution is -2.07. The Labute approximate surface area is 153 Å². The quantitative estimate of drug-likeness (QED) is 0.379. The molecular formula is C20H11ClO5. The molecule has 0 saturated carbocycles. The largest absolute Gasteiger partial charge is 0.457 e. The van der Waals surface area contributed by atoms with E-state index >= 15 is 0 Å². The fourth-order valence-corrected chi connectivity index (χ4v) is 2.71. The van der Waals surface area contributed by atoms with Gasteiger partial charge in [0.15, 0.2) is 5.76 Å². The second-order valence-corrected chi connectivity index (χ2v) is 5.89. The standard InChI is InChI=1S/C20H11ClO5/c21-15-5-2-1-4-12(15)10-18-19(22)14-8-7-13(11-17(14)26-18)25-20(23)16-6-3-9-24-16/h1-11H/b18-10-. The molecule has 0 atom stereocenters. The van der Waals surface area contributed by atoms with Gasteiger partial charge in [-0.2, -0.15) is 0 Å². The fraction of sp³-hybridized carbons (Fsp3) is 0. The van der Waals surface area contributed by atoms with Crippen LogP contribution in [0, 0.1) is 0 Å². The minimum atomic E-state index is -0.633. The first kappa shape index (κ1) is 16.2. The molecule has 0 saturated heterocycles. The zero-order valence-corrected chi connectivity index (χ0v) is 14.0. The summed E-state index contributed by atoms with van der Waals surface area (Å²) in [6, 6.07) is 14.8. The average molecular weight is 367 g/mol. The van der Waals surface area contributed by atoms with Crippen LogP contribution in [0.5, 0.6) is 11.5 Å². The predicted octanol–water partition coefficient (Wildman–Crippen LogP) is 4.77. The summed E-state index contributed by atoms with van der Waals surface area (Å²) in [4.78, 5) is 24.4. The highest BCUT2D eigenvalue weighted by atomic mass is 35.5. The van der Waals surface area contributed by atoms with E-state index in [9.17, 15) is 9.59 Å². The Hall–Kier alpha value is -3.31. The van der Waals surface area contributed by atoms with E-state index in [1.54, 1.807) is 36.4 Å². The molecule has 1 aliphatic rings. The number of hydrogen-bond acceptors (Lipinski definition) is 5. The number of allylic oxidation sites excluding steroid dienone is 1. The molecule has 6 heteroatoms. The van der Waals surface area contributed by atoms with Gasteiger partial charge in [-0.05, 0) is 42.0 Å². The molecule has 0 unspecified atom stereocenters. The molecule has 2 heterocycles. The summed E-state index contributed by atoms with van der Waals surface area (Å²) >= 11 is 6.12. The first-order chi connectivity index (χ1) is 12.6. The normalized spacial score (nSPS) is 14.2. The number of rotatable bonds is 3. The molecule has 2 aromatic carbocycles. The Morgan fingerprint density at radius 1 is 1.08 bits per heavy atom. The second-order valence-electron chi connectivity index (χ2n) is 5.49. The van der Waals surface area contributed by atoms with Crippen molar-refractivity contribution in [3.8, 4) is 11.5 Å². The Kier molecular flexibility index (Phi) is 4.07. The number of ketones is 1. The van der Waals surface area contributed by atoms with E-state index in [1.807, 2.05) is 6.07 Å². The van der Waals surface area contributed by atoms with Gasteiger partial charge in [0.25, 0.3) is 0 Å². The molecule has 0 amide bonds. The van der Waals surface area contributed by atoms with E-state index in [1.165, 1.54) is 24.5 Å². The summed E-state index contributed by atoms with van der Waals surface area (Å²) in [6.45, 7) is 0. The maximum Gasteiger partial charge on any atom is 0.379 e. The first-order valence-corrected chi connectivity index (χ1v) is 8.08. The Morgan fingerprint density at radius 2 is 1.92 bits per heavy atom. The van der Waals surface area contributed by atoms with Gasteiger partial charge in [0.2, 0.25) is 11.5 Å². The number of carbonyl (C=O) groups is 2. The molecule has 0 spiro atoms. The van der Waals surface area contributed by atoms with Crippen LogP contribution in [0.15, 0.2) is 71.0 Å². The number of ether oxygens (including phenoxy) is 2. The smallest absolute Gasteiger partial charge is 0.379 e. The lowest BCUT2D eigenvalue weighted by atomic mass is 10.1. The third kappa shape index (κ3) is 3.00. The monoisotopic (exact) mass is 366 g/mol. The summed E-state index contributed by atoms with van der Waals surface area (Å²) in [5, 5.41) is 0.514. The lowest BCUT2D eigenvalue weighted by Gasteiger charge is -2.04. The van der Waals surface area contributed by atoms with Crippen LogP contribution < -0.4 is 9.47 Å². The number of carbonyl (C=O) groups excluding carboxylic acids is 2. The van der Waals surface area contributed by atoms with Gasteiger partial charge in [0, 0.05) is 11.1 Å². The third-order valence-corrected chi connectivity index (χ3v) is 4.11. The van der Waals surface area contributed by atoms with E-state index in [-0.39, 0.29) is 23.1 Å². The van der Waals surface area contributed by atoms with Crippen molar-refractivity contribution in [1.29, 1.82) is 0 Å². The number of hydrogen-bond donors (Lipinski definition) is 0. The van der Waals surface area contributed by atoms with Gasteiger partial charge in [-0.1, -0.05) is 29.8 Å². The second kappa shape index (κ2) is 6.54. The van der Waals surface area contributed by atoms with Gasteiger partial charge in [-0.15, -0.1) is 0 Å². The third-order valence-electron chi connectivity index (χ3n) is 3.77. The van der Waals surface area contributed by atoms with Crippen molar-refractivity contribution in [2.75, 3.05) is 0 Å². The van der Waals surface area contributed by atoms with Crippen LogP contribution in [-0.4, -0.2) is 11.8 Å². The van der Waals surface area contributed by atoms with Crippen LogP contribution in [0.1, 0.15) is 26.5 Å². The Balaban J connectivity index is 1.59. The van der Waals surface area contributed by atoms with Crippen LogP contribution in [0.4, 0.5) is 0 Å². The average Bonchev–Trinajstić information content (AvgIpc) is 3.26. The van der Waals surface area contributed by atoms with Gasteiger partial charge >= 0.3 is 5.97 Å². The van der Waals surface area contributed by atoms with Gasteiger partial charge in [0.1, 0.15) is 11.5 Å². The highest BCUT2D eigenvalue weighted by molar-refractivity contribution is 6.32. The van der Waals surface area contributed by atoms with Crippen molar-refractivity contribution < 1.29 is 23.5 Å². The van der Waals surface area contributed by atoms with Crippen LogP contribution in [0.3, 0.4) is 0 Å². The van der Waals surface area contributed by atoms with Crippen LogP contribution in [0.2, 0.25) is 5.02 Å². The minimum Gasteiger partial charge on any atom is -0.457 e. The number of fused-ring (bicyclic) bond motifs is 1.